The Labute approximate surface area is 117 Å². The smallest absolute Gasteiger partial charge is 0.190 e. The Morgan fingerprint density at radius 3 is 2.63 bits per heavy atom. The van der Waals surface area contributed by atoms with Crippen molar-refractivity contribution in [2.75, 3.05) is 6.54 Å². The van der Waals surface area contributed by atoms with E-state index in [2.05, 4.69) is 5.10 Å². The van der Waals surface area contributed by atoms with Crippen molar-refractivity contribution in [1.82, 2.24) is 9.78 Å². The van der Waals surface area contributed by atoms with E-state index in [4.69, 9.17) is 17.3 Å². The molecule has 0 amide bonds. The molecule has 0 aliphatic carbocycles. The molecule has 1 heterocycles. The van der Waals surface area contributed by atoms with Gasteiger partial charge in [0.05, 0.1) is 11.2 Å². The number of alkyl halides is 1. The van der Waals surface area contributed by atoms with E-state index in [1.165, 1.54) is 6.20 Å². The molecule has 0 aliphatic heterocycles. The molecular weight excluding hydrogens is 265 g/mol. The minimum atomic E-state index is -1.82. The first-order valence-corrected chi connectivity index (χ1v) is 6.67. The highest BCUT2D eigenvalue weighted by Gasteiger charge is 2.38. The third kappa shape index (κ3) is 2.51. The Morgan fingerprint density at radius 1 is 1.37 bits per heavy atom. The van der Waals surface area contributed by atoms with Crippen LogP contribution in [0.1, 0.15) is 24.6 Å². The minimum absolute atomic E-state index is 0.174. The summed E-state index contributed by atoms with van der Waals surface area (Å²) >= 11 is 6.11. The number of aromatic nitrogens is 2. The molecule has 102 valence electrons. The number of aryl methyl sites for hydroxylation is 1. The highest BCUT2D eigenvalue weighted by Crippen LogP contribution is 2.37. The summed E-state index contributed by atoms with van der Waals surface area (Å²) in [6, 6.07) is 8.84. The Kier molecular flexibility index (Phi) is 4.22. The summed E-state index contributed by atoms with van der Waals surface area (Å²) in [5, 5.41) is 4.44. The average Bonchev–Trinajstić information content (AvgIpc) is 2.81. The molecule has 1 atom stereocenters. The van der Waals surface area contributed by atoms with Gasteiger partial charge in [-0.1, -0.05) is 48.9 Å². The van der Waals surface area contributed by atoms with Gasteiger partial charge in [-0.05, 0) is 12.0 Å². The van der Waals surface area contributed by atoms with E-state index in [0.717, 1.165) is 6.42 Å². The maximum absolute atomic E-state index is 15.4. The second-order valence-corrected chi connectivity index (χ2v) is 4.84. The Bertz CT molecular complexity index is 541. The molecule has 0 fully saturated rings. The zero-order valence-electron chi connectivity index (χ0n) is 10.8. The fourth-order valence-electron chi connectivity index (χ4n) is 2.19. The second-order valence-electron chi connectivity index (χ2n) is 4.44. The highest BCUT2D eigenvalue weighted by molar-refractivity contribution is 6.31. The molecule has 0 radical (unpaired) electrons. The summed E-state index contributed by atoms with van der Waals surface area (Å²) in [4.78, 5) is 0. The topological polar surface area (TPSA) is 43.8 Å². The van der Waals surface area contributed by atoms with Crippen LogP contribution in [0.2, 0.25) is 5.02 Å². The number of benzene rings is 1. The minimum Gasteiger partial charge on any atom is -0.327 e. The molecule has 3 nitrogen and oxygen atoms in total. The maximum Gasteiger partial charge on any atom is 0.190 e. The van der Waals surface area contributed by atoms with Gasteiger partial charge >= 0.3 is 0 Å². The molecule has 2 N–H and O–H groups in total. The van der Waals surface area contributed by atoms with Gasteiger partial charge in [-0.15, -0.1) is 0 Å². The zero-order chi connectivity index (χ0) is 13.9. The molecular formula is C14H17ClFN3. The van der Waals surface area contributed by atoms with Crippen molar-refractivity contribution in [3.63, 3.8) is 0 Å². The molecule has 0 saturated carbocycles. The number of hydrogen-bond donors (Lipinski definition) is 1. The monoisotopic (exact) mass is 281 g/mol. The van der Waals surface area contributed by atoms with Gasteiger partial charge < -0.3 is 5.73 Å². The third-order valence-electron chi connectivity index (χ3n) is 3.12. The predicted octanol–water partition coefficient (Wildman–Crippen LogP) is 3.12. The van der Waals surface area contributed by atoms with Crippen LogP contribution in [0, 0.1) is 0 Å². The summed E-state index contributed by atoms with van der Waals surface area (Å²) in [5.41, 5.74) is 4.71. The lowest BCUT2D eigenvalue weighted by Crippen LogP contribution is -2.34. The molecule has 1 aromatic heterocycles. The van der Waals surface area contributed by atoms with Crippen LogP contribution in [0.15, 0.2) is 36.5 Å². The van der Waals surface area contributed by atoms with Crippen LogP contribution in [-0.2, 0) is 12.2 Å². The van der Waals surface area contributed by atoms with Crippen molar-refractivity contribution in [1.29, 1.82) is 0 Å². The van der Waals surface area contributed by atoms with E-state index in [1.54, 1.807) is 28.9 Å². The summed E-state index contributed by atoms with van der Waals surface area (Å²) in [6.45, 7) is 2.44. The second kappa shape index (κ2) is 5.72. The Balaban J connectivity index is 2.56. The first-order valence-electron chi connectivity index (χ1n) is 6.29. The lowest BCUT2D eigenvalue weighted by atomic mass is 9.92. The fourth-order valence-corrected chi connectivity index (χ4v) is 2.48. The van der Waals surface area contributed by atoms with Crippen LogP contribution < -0.4 is 5.73 Å². The van der Waals surface area contributed by atoms with Gasteiger partial charge in [0.25, 0.3) is 0 Å². The Hall–Kier alpha value is -1.39. The van der Waals surface area contributed by atoms with Gasteiger partial charge in [-0.25, -0.2) is 4.39 Å². The molecule has 19 heavy (non-hydrogen) atoms. The number of hydrogen-bond acceptors (Lipinski definition) is 2. The molecule has 0 bridgehead atoms. The van der Waals surface area contributed by atoms with Crippen molar-refractivity contribution in [3.05, 3.63) is 52.8 Å². The lowest BCUT2D eigenvalue weighted by Gasteiger charge is -2.25. The van der Waals surface area contributed by atoms with Gasteiger partial charge in [0.1, 0.15) is 5.69 Å². The third-order valence-corrected chi connectivity index (χ3v) is 3.39. The summed E-state index contributed by atoms with van der Waals surface area (Å²) in [6.07, 6.45) is 2.32. The van der Waals surface area contributed by atoms with Gasteiger partial charge in [-0.2, -0.15) is 5.10 Å². The van der Waals surface area contributed by atoms with Crippen molar-refractivity contribution < 1.29 is 4.39 Å². The molecule has 0 saturated heterocycles. The number of rotatable bonds is 5. The average molecular weight is 282 g/mol. The normalized spacial score (nSPS) is 14.3. The summed E-state index contributed by atoms with van der Waals surface area (Å²) in [5.74, 6) is 0. The van der Waals surface area contributed by atoms with Crippen LogP contribution in [-0.4, -0.2) is 16.3 Å². The van der Waals surface area contributed by atoms with Gasteiger partial charge in [0, 0.05) is 13.1 Å². The van der Waals surface area contributed by atoms with E-state index in [0.29, 0.717) is 22.8 Å². The standard InChI is InChI=1S/C14H17ClFN3/c1-2-8-19-13(12(15)9-18-19)14(16,10-17)11-6-4-3-5-7-11/h3-7,9H,2,8,10,17H2,1H3. The molecule has 5 heteroatoms. The molecule has 2 aromatic rings. The Morgan fingerprint density at radius 2 is 2.05 bits per heavy atom. The fraction of sp³-hybridized carbons (Fsp3) is 0.357. The van der Waals surface area contributed by atoms with Crippen molar-refractivity contribution in [2.45, 2.75) is 25.6 Å². The largest absolute Gasteiger partial charge is 0.327 e. The van der Waals surface area contributed by atoms with Crippen LogP contribution in [0.5, 0.6) is 0 Å². The van der Waals surface area contributed by atoms with E-state index < -0.39 is 5.67 Å². The molecule has 1 aromatic carbocycles. The van der Waals surface area contributed by atoms with Crippen molar-refractivity contribution in [2.24, 2.45) is 5.73 Å². The predicted molar refractivity (Wildman–Crippen MR) is 74.9 cm³/mol. The van der Waals surface area contributed by atoms with E-state index in [1.807, 2.05) is 13.0 Å². The highest BCUT2D eigenvalue weighted by atomic mass is 35.5. The van der Waals surface area contributed by atoms with Gasteiger partial charge in [0.2, 0.25) is 0 Å². The van der Waals surface area contributed by atoms with Crippen LogP contribution in [0.3, 0.4) is 0 Å². The molecule has 2 rings (SSSR count). The van der Waals surface area contributed by atoms with Crippen molar-refractivity contribution >= 4 is 11.6 Å². The SMILES string of the molecule is CCCn1ncc(Cl)c1C(F)(CN)c1ccccc1. The molecule has 1 unspecified atom stereocenters. The maximum atomic E-state index is 15.4. The first-order chi connectivity index (χ1) is 9.13. The van der Waals surface area contributed by atoms with E-state index in [9.17, 15) is 0 Å². The van der Waals surface area contributed by atoms with E-state index >= 15 is 4.39 Å². The van der Waals surface area contributed by atoms with Crippen LogP contribution in [0.25, 0.3) is 0 Å². The van der Waals surface area contributed by atoms with Gasteiger partial charge in [-0.3, -0.25) is 4.68 Å². The zero-order valence-corrected chi connectivity index (χ0v) is 11.6. The number of nitrogens with zero attached hydrogens (tertiary/aromatic N) is 2. The van der Waals surface area contributed by atoms with Gasteiger partial charge in [0.15, 0.2) is 5.67 Å². The van der Waals surface area contributed by atoms with Crippen LogP contribution in [0.4, 0.5) is 4.39 Å². The van der Waals surface area contributed by atoms with E-state index in [-0.39, 0.29) is 6.54 Å². The van der Waals surface area contributed by atoms with Crippen LogP contribution >= 0.6 is 11.6 Å². The molecule has 0 aliphatic rings. The summed E-state index contributed by atoms with van der Waals surface area (Å²) < 4.78 is 17.0. The first kappa shape index (κ1) is 14.0. The number of nitrogens with two attached hydrogens (primary N) is 1. The number of halogens is 2. The molecule has 0 spiro atoms. The summed E-state index contributed by atoms with van der Waals surface area (Å²) in [7, 11) is 0. The lowest BCUT2D eigenvalue weighted by molar-refractivity contribution is 0.214. The quantitative estimate of drug-likeness (QED) is 0.915. The van der Waals surface area contributed by atoms with Crippen molar-refractivity contribution in [3.8, 4) is 0 Å².